The number of esters is 1. The molecule has 0 saturated carbocycles. The first-order valence-corrected chi connectivity index (χ1v) is 10.9. The Morgan fingerprint density at radius 1 is 0.767 bits per heavy atom. The molecule has 0 atom stereocenters. The highest BCUT2D eigenvalue weighted by molar-refractivity contribution is 5.71. The Kier molecular flexibility index (Phi) is 8.13. The average Bonchev–Trinajstić information content (AvgIpc) is 2.79. The minimum atomic E-state index is -0.290. The van der Waals surface area contributed by atoms with Crippen LogP contribution in [0.4, 0.5) is 0 Å². The van der Waals surface area contributed by atoms with Gasteiger partial charge in [0.15, 0.2) is 11.6 Å². The SMILES string of the molecule is CCCCCc1ccc(CCc2ccc(-c3ncc(OC(=O)CC)cn3)cc2)cc1. The molecule has 1 aromatic heterocycles. The Morgan fingerprint density at radius 3 is 1.83 bits per heavy atom. The van der Waals surface area contributed by atoms with Gasteiger partial charge in [-0.1, -0.05) is 75.2 Å². The van der Waals surface area contributed by atoms with E-state index >= 15 is 0 Å². The summed E-state index contributed by atoms with van der Waals surface area (Å²) >= 11 is 0. The van der Waals surface area contributed by atoms with Gasteiger partial charge in [0.25, 0.3) is 0 Å². The highest BCUT2D eigenvalue weighted by atomic mass is 16.5. The van der Waals surface area contributed by atoms with Gasteiger partial charge in [0.05, 0.1) is 12.4 Å². The van der Waals surface area contributed by atoms with Crippen molar-refractivity contribution in [2.24, 2.45) is 0 Å². The Balaban J connectivity index is 1.52. The third-order valence-electron chi connectivity index (χ3n) is 5.15. The lowest BCUT2D eigenvalue weighted by Gasteiger charge is -2.06. The smallest absolute Gasteiger partial charge is 0.311 e. The lowest BCUT2D eigenvalue weighted by molar-refractivity contribution is -0.134. The number of hydrogen-bond acceptors (Lipinski definition) is 4. The highest BCUT2D eigenvalue weighted by Gasteiger charge is 2.06. The second-order valence-electron chi connectivity index (χ2n) is 7.54. The normalized spacial score (nSPS) is 10.7. The number of hydrogen-bond donors (Lipinski definition) is 0. The third kappa shape index (κ3) is 6.51. The van der Waals surface area contributed by atoms with Gasteiger partial charge >= 0.3 is 5.97 Å². The van der Waals surface area contributed by atoms with Crippen LogP contribution in [-0.4, -0.2) is 15.9 Å². The van der Waals surface area contributed by atoms with Crippen molar-refractivity contribution < 1.29 is 9.53 Å². The van der Waals surface area contributed by atoms with Crippen molar-refractivity contribution >= 4 is 5.97 Å². The van der Waals surface area contributed by atoms with Crippen LogP contribution in [0, 0.1) is 0 Å². The maximum atomic E-state index is 11.3. The van der Waals surface area contributed by atoms with Gasteiger partial charge in [-0.05, 0) is 42.4 Å². The fraction of sp³-hybridized carbons (Fsp3) is 0.346. The van der Waals surface area contributed by atoms with Crippen molar-refractivity contribution in [3.05, 3.63) is 77.6 Å². The Morgan fingerprint density at radius 2 is 1.30 bits per heavy atom. The lowest BCUT2D eigenvalue weighted by Crippen LogP contribution is -2.06. The van der Waals surface area contributed by atoms with Crippen LogP contribution in [-0.2, 0) is 24.1 Å². The third-order valence-corrected chi connectivity index (χ3v) is 5.15. The quantitative estimate of drug-likeness (QED) is 0.309. The molecule has 0 bridgehead atoms. The van der Waals surface area contributed by atoms with Crippen molar-refractivity contribution in [2.75, 3.05) is 0 Å². The molecule has 4 nitrogen and oxygen atoms in total. The van der Waals surface area contributed by atoms with Crippen LogP contribution in [0.25, 0.3) is 11.4 Å². The van der Waals surface area contributed by atoms with Crippen LogP contribution in [0.5, 0.6) is 5.75 Å². The van der Waals surface area contributed by atoms with E-state index in [0.29, 0.717) is 18.0 Å². The number of rotatable bonds is 10. The number of benzene rings is 2. The summed E-state index contributed by atoms with van der Waals surface area (Å²) in [4.78, 5) is 19.9. The first-order chi connectivity index (χ1) is 14.7. The largest absolute Gasteiger partial charge is 0.423 e. The standard InChI is InChI=1S/C26H30N2O2/c1-3-5-6-7-20-8-10-21(11-9-20)12-13-22-14-16-23(17-15-22)26-27-18-24(19-28-26)30-25(29)4-2/h8-11,14-19H,3-7,12-13H2,1-2H3. The Bertz CT molecular complexity index is 917. The molecule has 2 aromatic carbocycles. The predicted octanol–water partition coefficient (Wildman–Crippen LogP) is 5.98. The van der Waals surface area contributed by atoms with E-state index in [0.717, 1.165) is 18.4 Å². The fourth-order valence-corrected chi connectivity index (χ4v) is 3.28. The van der Waals surface area contributed by atoms with Crippen molar-refractivity contribution in [3.63, 3.8) is 0 Å². The molecule has 156 valence electrons. The maximum absolute atomic E-state index is 11.3. The van der Waals surface area contributed by atoms with Crippen LogP contribution in [0.3, 0.4) is 0 Å². The zero-order chi connectivity index (χ0) is 21.2. The van der Waals surface area contributed by atoms with E-state index in [1.54, 1.807) is 6.92 Å². The van der Waals surface area contributed by atoms with E-state index in [1.807, 2.05) is 12.1 Å². The minimum absolute atomic E-state index is 0.290. The molecule has 30 heavy (non-hydrogen) atoms. The van der Waals surface area contributed by atoms with Gasteiger partial charge in [0.1, 0.15) is 0 Å². The molecule has 0 radical (unpaired) electrons. The van der Waals surface area contributed by atoms with E-state index in [-0.39, 0.29) is 5.97 Å². The molecular weight excluding hydrogens is 372 g/mol. The summed E-state index contributed by atoms with van der Waals surface area (Å²) in [6.45, 7) is 3.99. The van der Waals surface area contributed by atoms with Crippen molar-refractivity contribution in [1.29, 1.82) is 0 Å². The molecule has 0 aliphatic carbocycles. The molecule has 3 rings (SSSR count). The van der Waals surface area contributed by atoms with E-state index in [9.17, 15) is 4.79 Å². The van der Waals surface area contributed by atoms with Gasteiger partial charge in [-0.25, -0.2) is 9.97 Å². The second-order valence-corrected chi connectivity index (χ2v) is 7.54. The number of aromatic nitrogens is 2. The van der Waals surface area contributed by atoms with Crippen molar-refractivity contribution in [2.45, 2.75) is 58.8 Å². The van der Waals surface area contributed by atoms with Gasteiger partial charge in [-0.15, -0.1) is 0 Å². The summed E-state index contributed by atoms with van der Waals surface area (Å²) in [6.07, 6.45) is 10.5. The van der Waals surface area contributed by atoms with E-state index < -0.39 is 0 Å². The first kappa shape index (κ1) is 21.7. The number of carbonyl (C=O) groups is 1. The lowest BCUT2D eigenvalue weighted by atomic mass is 10.0. The second kappa shape index (κ2) is 11.2. The minimum Gasteiger partial charge on any atom is -0.423 e. The fourth-order valence-electron chi connectivity index (χ4n) is 3.28. The van der Waals surface area contributed by atoms with E-state index in [1.165, 1.54) is 54.8 Å². The molecule has 0 fully saturated rings. The Labute approximate surface area is 179 Å². The van der Waals surface area contributed by atoms with E-state index in [4.69, 9.17) is 4.74 Å². The van der Waals surface area contributed by atoms with Crippen molar-refractivity contribution in [1.82, 2.24) is 9.97 Å². The van der Waals surface area contributed by atoms with Gasteiger partial charge in [-0.2, -0.15) is 0 Å². The molecule has 0 spiro atoms. The van der Waals surface area contributed by atoms with Gasteiger partial charge in [-0.3, -0.25) is 4.79 Å². The molecule has 1 heterocycles. The summed E-state index contributed by atoms with van der Waals surface area (Å²) in [5.74, 6) is 0.706. The summed E-state index contributed by atoms with van der Waals surface area (Å²) in [5.41, 5.74) is 5.05. The number of ether oxygens (including phenoxy) is 1. The predicted molar refractivity (Wildman–Crippen MR) is 120 cm³/mol. The molecule has 0 aliphatic heterocycles. The van der Waals surface area contributed by atoms with Gasteiger partial charge in [0, 0.05) is 12.0 Å². The number of aryl methyl sites for hydroxylation is 3. The number of carbonyl (C=O) groups excluding carboxylic acids is 1. The highest BCUT2D eigenvalue weighted by Crippen LogP contribution is 2.19. The average molecular weight is 403 g/mol. The molecule has 3 aromatic rings. The topological polar surface area (TPSA) is 52.1 Å². The molecular formula is C26H30N2O2. The van der Waals surface area contributed by atoms with Crippen LogP contribution in [0.15, 0.2) is 60.9 Å². The first-order valence-electron chi connectivity index (χ1n) is 10.9. The molecule has 0 saturated heterocycles. The summed E-state index contributed by atoms with van der Waals surface area (Å²) in [7, 11) is 0. The zero-order valence-electron chi connectivity index (χ0n) is 17.9. The maximum Gasteiger partial charge on any atom is 0.311 e. The van der Waals surface area contributed by atoms with Crippen LogP contribution in [0.2, 0.25) is 0 Å². The van der Waals surface area contributed by atoms with Crippen molar-refractivity contribution in [3.8, 4) is 17.1 Å². The molecule has 0 aliphatic rings. The summed E-state index contributed by atoms with van der Waals surface area (Å²) < 4.78 is 5.12. The van der Waals surface area contributed by atoms with Crippen LogP contribution >= 0.6 is 0 Å². The zero-order valence-corrected chi connectivity index (χ0v) is 17.9. The molecule has 0 unspecified atom stereocenters. The van der Waals surface area contributed by atoms with E-state index in [2.05, 4.69) is 53.3 Å². The Hall–Kier alpha value is -3.01. The number of nitrogens with zero attached hydrogens (tertiary/aromatic N) is 2. The monoisotopic (exact) mass is 402 g/mol. The van der Waals surface area contributed by atoms with Gasteiger partial charge < -0.3 is 4.74 Å². The molecule has 0 amide bonds. The van der Waals surface area contributed by atoms with Crippen LogP contribution < -0.4 is 4.74 Å². The molecule has 4 heteroatoms. The van der Waals surface area contributed by atoms with Gasteiger partial charge in [0.2, 0.25) is 0 Å². The van der Waals surface area contributed by atoms with Crippen LogP contribution in [0.1, 0.15) is 56.2 Å². The number of unbranched alkanes of at least 4 members (excludes halogenated alkanes) is 2. The summed E-state index contributed by atoms with van der Waals surface area (Å²) in [6, 6.07) is 17.4. The summed E-state index contributed by atoms with van der Waals surface area (Å²) in [5, 5.41) is 0. The molecule has 0 N–H and O–H groups in total.